The smallest absolute Gasteiger partial charge is 0.416 e. The fraction of sp³-hybridized carbons (Fsp3) is 0.273. The van der Waals surface area contributed by atoms with Gasteiger partial charge in [-0.3, -0.25) is 4.79 Å². The molecule has 0 bridgehead atoms. The van der Waals surface area contributed by atoms with Crippen molar-refractivity contribution in [3.05, 3.63) is 58.1 Å². The standard InChI is InChI=1S/C22H21F3N2O4S/c1-12-19(32-21(27-12)13-5-7-15(8-6-13)22(23,24)25)20(28)26-11-14-9-17(30-3)18(31-4)10-16(14)29-2/h5-10H,11H2,1-4H3,(H,26,28). The summed E-state index contributed by atoms with van der Waals surface area (Å²) in [6.45, 7) is 1.84. The predicted octanol–water partition coefficient (Wildman–Crippen LogP) is 5.09. The van der Waals surface area contributed by atoms with Crippen molar-refractivity contribution in [3.63, 3.8) is 0 Å². The van der Waals surface area contributed by atoms with Gasteiger partial charge in [0.25, 0.3) is 5.91 Å². The van der Waals surface area contributed by atoms with Gasteiger partial charge in [-0.2, -0.15) is 13.2 Å². The van der Waals surface area contributed by atoms with Crippen molar-refractivity contribution in [2.75, 3.05) is 21.3 Å². The summed E-state index contributed by atoms with van der Waals surface area (Å²) in [6, 6.07) is 8.06. The molecule has 170 valence electrons. The molecule has 0 radical (unpaired) electrons. The second kappa shape index (κ2) is 9.47. The minimum Gasteiger partial charge on any atom is -0.496 e. The van der Waals surface area contributed by atoms with Gasteiger partial charge in [0, 0.05) is 23.7 Å². The van der Waals surface area contributed by atoms with E-state index in [0.29, 0.717) is 44.0 Å². The molecule has 32 heavy (non-hydrogen) atoms. The van der Waals surface area contributed by atoms with Gasteiger partial charge in [0.15, 0.2) is 11.5 Å². The predicted molar refractivity (Wildman–Crippen MR) is 115 cm³/mol. The molecule has 1 N–H and O–H groups in total. The van der Waals surface area contributed by atoms with E-state index in [4.69, 9.17) is 14.2 Å². The molecule has 0 spiro atoms. The van der Waals surface area contributed by atoms with Crippen LogP contribution in [-0.2, 0) is 12.7 Å². The van der Waals surface area contributed by atoms with Crippen molar-refractivity contribution in [2.24, 2.45) is 0 Å². The first-order valence-electron chi connectivity index (χ1n) is 9.40. The number of halogens is 3. The second-order valence-corrected chi connectivity index (χ2v) is 7.71. The van der Waals surface area contributed by atoms with Crippen molar-refractivity contribution >= 4 is 17.2 Å². The zero-order valence-electron chi connectivity index (χ0n) is 17.8. The first-order valence-corrected chi connectivity index (χ1v) is 10.2. The Morgan fingerprint density at radius 3 is 2.16 bits per heavy atom. The summed E-state index contributed by atoms with van der Waals surface area (Å²) < 4.78 is 54.2. The number of ether oxygens (including phenoxy) is 3. The van der Waals surface area contributed by atoms with Crippen molar-refractivity contribution in [2.45, 2.75) is 19.6 Å². The number of nitrogens with zero attached hydrogens (tertiary/aromatic N) is 1. The van der Waals surface area contributed by atoms with Crippen molar-refractivity contribution in [3.8, 4) is 27.8 Å². The Morgan fingerprint density at radius 1 is 1.00 bits per heavy atom. The lowest BCUT2D eigenvalue weighted by Gasteiger charge is -2.14. The van der Waals surface area contributed by atoms with Gasteiger partial charge in [0.1, 0.15) is 15.6 Å². The number of carbonyl (C=O) groups is 1. The number of nitrogens with one attached hydrogen (secondary N) is 1. The Hall–Kier alpha value is -3.27. The number of hydrogen-bond donors (Lipinski definition) is 1. The number of aromatic nitrogens is 1. The first kappa shape index (κ1) is 23.4. The van der Waals surface area contributed by atoms with E-state index < -0.39 is 11.7 Å². The third kappa shape index (κ3) is 4.96. The van der Waals surface area contributed by atoms with Crippen LogP contribution in [0, 0.1) is 6.92 Å². The molecule has 0 saturated carbocycles. The van der Waals surface area contributed by atoms with Gasteiger partial charge in [0.05, 0.1) is 32.6 Å². The van der Waals surface area contributed by atoms with E-state index in [1.807, 2.05) is 0 Å². The molecule has 3 rings (SSSR count). The van der Waals surface area contributed by atoms with Crippen molar-refractivity contribution in [1.82, 2.24) is 10.3 Å². The molecule has 10 heteroatoms. The number of hydrogen-bond acceptors (Lipinski definition) is 6. The van der Waals surface area contributed by atoms with Gasteiger partial charge < -0.3 is 19.5 Å². The van der Waals surface area contributed by atoms with Crippen LogP contribution in [0.15, 0.2) is 36.4 Å². The lowest BCUT2D eigenvalue weighted by atomic mass is 10.1. The average Bonchev–Trinajstić information content (AvgIpc) is 3.17. The van der Waals surface area contributed by atoms with Crippen LogP contribution in [-0.4, -0.2) is 32.2 Å². The Kier molecular flexibility index (Phi) is 6.93. The molecule has 1 amide bonds. The van der Waals surface area contributed by atoms with E-state index >= 15 is 0 Å². The molecule has 0 aliphatic heterocycles. The fourth-order valence-electron chi connectivity index (χ4n) is 3.02. The zero-order chi connectivity index (χ0) is 23.5. The Labute approximate surface area is 187 Å². The quantitative estimate of drug-likeness (QED) is 0.525. The molecule has 0 aliphatic rings. The molecule has 6 nitrogen and oxygen atoms in total. The summed E-state index contributed by atoms with van der Waals surface area (Å²) in [7, 11) is 4.53. The number of aryl methyl sites for hydroxylation is 1. The summed E-state index contributed by atoms with van der Waals surface area (Å²) >= 11 is 1.11. The van der Waals surface area contributed by atoms with Gasteiger partial charge in [-0.1, -0.05) is 12.1 Å². The molecular formula is C22H21F3N2O4S. The van der Waals surface area contributed by atoms with Crippen LogP contribution in [0.4, 0.5) is 13.2 Å². The second-order valence-electron chi connectivity index (χ2n) is 6.71. The van der Waals surface area contributed by atoms with E-state index in [-0.39, 0.29) is 12.5 Å². The highest BCUT2D eigenvalue weighted by atomic mass is 32.1. The van der Waals surface area contributed by atoms with Crippen LogP contribution < -0.4 is 19.5 Å². The third-order valence-corrected chi connectivity index (χ3v) is 5.89. The topological polar surface area (TPSA) is 69.7 Å². The highest BCUT2D eigenvalue weighted by Gasteiger charge is 2.30. The first-order chi connectivity index (χ1) is 15.2. The van der Waals surface area contributed by atoms with Gasteiger partial charge in [-0.05, 0) is 25.1 Å². The summed E-state index contributed by atoms with van der Waals surface area (Å²) in [4.78, 5) is 17.5. The number of carbonyl (C=O) groups excluding carboxylic acids is 1. The number of benzene rings is 2. The van der Waals surface area contributed by atoms with E-state index in [1.54, 1.807) is 19.1 Å². The van der Waals surface area contributed by atoms with Crippen LogP contribution in [0.2, 0.25) is 0 Å². The minimum atomic E-state index is -4.41. The minimum absolute atomic E-state index is 0.162. The SMILES string of the molecule is COc1cc(OC)c(OC)cc1CNC(=O)c1sc(-c2ccc(C(F)(F)F)cc2)nc1C. The Balaban J connectivity index is 1.78. The van der Waals surface area contributed by atoms with Crippen LogP contribution >= 0.6 is 11.3 Å². The molecule has 0 atom stereocenters. The number of amides is 1. The molecule has 0 aliphatic carbocycles. The maximum absolute atomic E-state index is 12.8. The van der Waals surface area contributed by atoms with Crippen molar-refractivity contribution < 1.29 is 32.2 Å². The molecule has 1 aromatic heterocycles. The summed E-state index contributed by atoms with van der Waals surface area (Å²) in [5.41, 5.74) is 0.938. The van der Waals surface area contributed by atoms with Crippen LogP contribution in [0.1, 0.15) is 26.5 Å². The van der Waals surface area contributed by atoms with E-state index in [2.05, 4.69) is 10.3 Å². The van der Waals surface area contributed by atoms with Crippen LogP contribution in [0.5, 0.6) is 17.2 Å². The lowest BCUT2D eigenvalue weighted by Crippen LogP contribution is -2.23. The molecule has 0 fully saturated rings. The molecule has 0 saturated heterocycles. The number of alkyl halides is 3. The maximum Gasteiger partial charge on any atom is 0.416 e. The van der Waals surface area contributed by atoms with E-state index in [1.165, 1.54) is 33.5 Å². The third-order valence-electron chi connectivity index (χ3n) is 4.69. The zero-order valence-corrected chi connectivity index (χ0v) is 18.6. The molecule has 2 aromatic carbocycles. The highest BCUT2D eigenvalue weighted by molar-refractivity contribution is 7.17. The number of rotatable bonds is 7. The summed E-state index contributed by atoms with van der Waals surface area (Å²) in [5.74, 6) is 1.17. The normalized spacial score (nSPS) is 11.2. The molecule has 3 aromatic rings. The largest absolute Gasteiger partial charge is 0.496 e. The molecule has 1 heterocycles. The lowest BCUT2D eigenvalue weighted by molar-refractivity contribution is -0.137. The van der Waals surface area contributed by atoms with Gasteiger partial charge in [0.2, 0.25) is 0 Å². The maximum atomic E-state index is 12.8. The van der Waals surface area contributed by atoms with Crippen molar-refractivity contribution in [1.29, 1.82) is 0 Å². The summed E-state index contributed by atoms with van der Waals surface area (Å²) in [6.07, 6.45) is -4.41. The van der Waals surface area contributed by atoms with E-state index in [0.717, 1.165) is 23.5 Å². The van der Waals surface area contributed by atoms with Crippen LogP contribution in [0.3, 0.4) is 0 Å². The summed E-state index contributed by atoms with van der Waals surface area (Å²) in [5, 5.41) is 3.28. The Morgan fingerprint density at radius 2 is 1.59 bits per heavy atom. The number of thiazole rings is 1. The fourth-order valence-corrected chi connectivity index (χ4v) is 4.01. The highest BCUT2D eigenvalue weighted by Crippen LogP contribution is 2.35. The molecule has 0 unspecified atom stereocenters. The number of methoxy groups -OCH3 is 3. The van der Waals surface area contributed by atoms with Gasteiger partial charge in [-0.25, -0.2) is 4.98 Å². The molecular weight excluding hydrogens is 445 g/mol. The van der Waals surface area contributed by atoms with Gasteiger partial charge >= 0.3 is 6.18 Å². The average molecular weight is 466 g/mol. The van der Waals surface area contributed by atoms with Gasteiger partial charge in [-0.15, -0.1) is 11.3 Å². The van der Waals surface area contributed by atoms with E-state index in [9.17, 15) is 18.0 Å². The van der Waals surface area contributed by atoms with Crippen LogP contribution in [0.25, 0.3) is 10.6 Å². The monoisotopic (exact) mass is 466 g/mol. The Bertz CT molecular complexity index is 1110.